The number of hydrogen-bond donors (Lipinski definition) is 2. The number of pyridine rings is 1. The number of rotatable bonds is 3. The van der Waals surface area contributed by atoms with Crippen molar-refractivity contribution in [2.75, 3.05) is 5.75 Å². The number of carbonyl (C=O) groups excluding carboxylic acids is 1. The minimum absolute atomic E-state index is 0.00315. The van der Waals surface area contributed by atoms with E-state index in [1.807, 2.05) is 0 Å². The van der Waals surface area contributed by atoms with Crippen LogP contribution in [0.2, 0.25) is 0 Å². The second-order valence-electron chi connectivity index (χ2n) is 4.04. The van der Waals surface area contributed by atoms with Crippen molar-refractivity contribution in [3.8, 4) is 5.75 Å². The Hall–Kier alpha value is -1.40. The summed E-state index contributed by atoms with van der Waals surface area (Å²) in [4.78, 5) is 19.6. The fourth-order valence-electron chi connectivity index (χ4n) is 1.71. The summed E-state index contributed by atoms with van der Waals surface area (Å²) in [5.74, 6) is 0.790. The van der Waals surface area contributed by atoms with E-state index in [2.05, 4.69) is 9.98 Å². The van der Waals surface area contributed by atoms with Crippen molar-refractivity contribution in [3.05, 3.63) is 23.0 Å². The van der Waals surface area contributed by atoms with Gasteiger partial charge < -0.3 is 10.2 Å². The van der Waals surface area contributed by atoms with Crippen molar-refractivity contribution in [2.24, 2.45) is 4.99 Å². The van der Waals surface area contributed by atoms with E-state index in [9.17, 15) is 15.0 Å². The maximum Gasteiger partial charge on any atom is 0.213 e. The Morgan fingerprint density at radius 1 is 1.67 bits per heavy atom. The minimum atomic E-state index is -0.339. The van der Waals surface area contributed by atoms with E-state index < -0.39 is 0 Å². The summed E-state index contributed by atoms with van der Waals surface area (Å²) in [5, 5.41) is 19.1. The molecule has 1 saturated heterocycles. The van der Waals surface area contributed by atoms with Crippen LogP contribution in [0.3, 0.4) is 0 Å². The zero-order valence-corrected chi connectivity index (χ0v) is 10.8. The number of carbonyl (C=O) groups is 1. The molecule has 1 aliphatic heterocycles. The molecule has 5 nitrogen and oxygen atoms in total. The largest absolute Gasteiger partial charge is 0.505 e. The van der Waals surface area contributed by atoms with Crippen LogP contribution in [0, 0.1) is 6.92 Å². The molecule has 1 atom stereocenters. The number of aryl methyl sites for hydroxylation is 1. The standard InChI is InChI=1S/C12H14N2O3S/c1-7-11(16)9(8(6-15)4-13-7)5-14-10-2-3-18-12(10)17/h4-5,10,15-16H,2-3,6H2,1H3. The van der Waals surface area contributed by atoms with Gasteiger partial charge in [-0.15, -0.1) is 0 Å². The van der Waals surface area contributed by atoms with Crippen molar-refractivity contribution in [3.63, 3.8) is 0 Å². The highest BCUT2D eigenvalue weighted by Gasteiger charge is 2.24. The SMILES string of the molecule is Cc1ncc(CO)c(C=NC2CCSC2=O)c1O. The molecule has 2 heterocycles. The molecule has 1 aromatic rings. The van der Waals surface area contributed by atoms with Crippen LogP contribution < -0.4 is 0 Å². The van der Waals surface area contributed by atoms with Gasteiger partial charge in [0.15, 0.2) is 0 Å². The molecule has 0 bridgehead atoms. The van der Waals surface area contributed by atoms with Gasteiger partial charge >= 0.3 is 0 Å². The Labute approximate surface area is 109 Å². The summed E-state index contributed by atoms with van der Waals surface area (Å²) in [6, 6.07) is -0.339. The van der Waals surface area contributed by atoms with E-state index in [1.54, 1.807) is 6.92 Å². The molecule has 0 spiro atoms. The third-order valence-electron chi connectivity index (χ3n) is 2.82. The Bertz CT molecular complexity index is 502. The van der Waals surface area contributed by atoms with Gasteiger partial charge in [-0.3, -0.25) is 14.8 Å². The number of aliphatic imine (C=N–C) groups is 1. The summed E-state index contributed by atoms with van der Waals surface area (Å²) in [6.45, 7) is 1.44. The number of aliphatic hydroxyl groups excluding tert-OH is 1. The first kappa shape index (κ1) is 13.0. The molecule has 1 fully saturated rings. The third-order valence-corrected chi connectivity index (χ3v) is 3.82. The monoisotopic (exact) mass is 266 g/mol. The van der Waals surface area contributed by atoms with Gasteiger partial charge in [0.2, 0.25) is 5.12 Å². The first-order valence-electron chi connectivity index (χ1n) is 5.61. The van der Waals surface area contributed by atoms with Crippen LogP contribution in [0.4, 0.5) is 0 Å². The predicted molar refractivity (Wildman–Crippen MR) is 70.0 cm³/mol. The fourth-order valence-corrected chi connectivity index (χ4v) is 2.62. The molecule has 1 unspecified atom stereocenters. The van der Waals surface area contributed by atoms with Crippen LogP contribution >= 0.6 is 11.8 Å². The van der Waals surface area contributed by atoms with Crippen molar-refractivity contribution in [1.29, 1.82) is 0 Å². The average Bonchev–Trinajstić information content (AvgIpc) is 2.77. The predicted octanol–water partition coefficient (Wildman–Crippen LogP) is 1.04. The van der Waals surface area contributed by atoms with Crippen molar-refractivity contribution in [2.45, 2.75) is 26.0 Å². The lowest BCUT2D eigenvalue weighted by Gasteiger charge is -2.07. The molecule has 2 rings (SSSR count). The van der Waals surface area contributed by atoms with Gasteiger partial charge in [0.1, 0.15) is 11.8 Å². The van der Waals surface area contributed by atoms with Crippen LogP contribution in [0.5, 0.6) is 5.75 Å². The fraction of sp³-hybridized carbons (Fsp3) is 0.417. The smallest absolute Gasteiger partial charge is 0.213 e. The zero-order chi connectivity index (χ0) is 13.1. The molecule has 96 valence electrons. The van der Waals surface area contributed by atoms with Crippen LogP contribution in [-0.2, 0) is 11.4 Å². The molecule has 2 N–H and O–H groups in total. The summed E-state index contributed by atoms with van der Waals surface area (Å²) < 4.78 is 0. The zero-order valence-electron chi connectivity index (χ0n) is 9.96. The van der Waals surface area contributed by atoms with E-state index in [0.717, 1.165) is 12.2 Å². The quantitative estimate of drug-likeness (QED) is 0.799. The summed E-state index contributed by atoms with van der Waals surface area (Å²) >= 11 is 1.28. The number of thioether (sulfide) groups is 1. The number of hydrogen-bond acceptors (Lipinski definition) is 6. The Morgan fingerprint density at radius 2 is 2.44 bits per heavy atom. The van der Waals surface area contributed by atoms with E-state index in [0.29, 0.717) is 16.8 Å². The van der Waals surface area contributed by atoms with Crippen LogP contribution in [0.1, 0.15) is 23.2 Å². The van der Waals surface area contributed by atoms with Gasteiger partial charge in [0.25, 0.3) is 0 Å². The molecular weight excluding hydrogens is 252 g/mol. The highest BCUT2D eigenvalue weighted by atomic mass is 32.2. The molecule has 0 radical (unpaired) electrons. The molecule has 0 aliphatic carbocycles. The lowest BCUT2D eigenvalue weighted by Crippen LogP contribution is -2.09. The normalized spacial score (nSPS) is 19.9. The van der Waals surface area contributed by atoms with Crippen LogP contribution in [-0.4, -0.2) is 38.3 Å². The van der Waals surface area contributed by atoms with Gasteiger partial charge in [-0.2, -0.15) is 0 Å². The molecular formula is C12H14N2O3S. The third kappa shape index (κ3) is 2.54. The topological polar surface area (TPSA) is 82.8 Å². The minimum Gasteiger partial charge on any atom is -0.505 e. The first-order valence-corrected chi connectivity index (χ1v) is 6.60. The highest BCUT2D eigenvalue weighted by molar-refractivity contribution is 8.14. The van der Waals surface area contributed by atoms with Crippen LogP contribution in [0.15, 0.2) is 11.2 Å². The lowest BCUT2D eigenvalue weighted by molar-refractivity contribution is -0.111. The van der Waals surface area contributed by atoms with E-state index in [1.165, 1.54) is 24.2 Å². The second kappa shape index (κ2) is 5.49. The number of aromatic hydroxyl groups is 1. The lowest BCUT2D eigenvalue weighted by atomic mass is 10.1. The average molecular weight is 266 g/mol. The summed E-state index contributed by atoms with van der Waals surface area (Å²) in [5.41, 5.74) is 1.41. The number of nitrogens with zero attached hydrogens (tertiary/aromatic N) is 2. The molecule has 1 aliphatic rings. The van der Waals surface area contributed by atoms with Gasteiger partial charge in [-0.05, 0) is 13.3 Å². The molecule has 1 aromatic heterocycles. The molecule has 6 heteroatoms. The second-order valence-corrected chi connectivity index (χ2v) is 5.14. The van der Waals surface area contributed by atoms with E-state index in [4.69, 9.17) is 0 Å². The molecule has 0 aromatic carbocycles. The van der Waals surface area contributed by atoms with Gasteiger partial charge in [0.05, 0.1) is 12.3 Å². The highest BCUT2D eigenvalue weighted by Crippen LogP contribution is 2.25. The van der Waals surface area contributed by atoms with Gasteiger partial charge in [-0.25, -0.2) is 0 Å². The Morgan fingerprint density at radius 3 is 3.06 bits per heavy atom. The molecule has 0 amide bonds. The van der Waals surface area contributed by atoms with Crippen molar-refractivity contribution < 1.29 is 15.0 Å². The Balaban J connectivity index is 2.30. The maximum atomic E-state index is 11.4. The summed E-state index contributed by atoms with van der Waals surface area (Å²) in [7, 11) is 0. The molecule has 0 saturated carbocycles. The number of aliphatic hydroxyl groups is 1. The maximum absolute atomic E-state index is 11.4. The van der Waals surface area contributed by atoms with Gasteiger partial charge in [0, 0.05) is 29.3 Å². The molecule has 18 heavy (non-hydrogen) atoms. The Kier molecular flexibility index (Phi) is 3.98. The number of aromatic nitrogens is 1. The van der Waals surface area contributed by atoms with E-state index in [-0.39, 0.29) is 23.5 Å². The van der Waals surface area contributed by atoms with Gasteiger partial charge in [-0.1, -0.05) is 11.8 Å². The summed E-state index contributed by atoms with van der Waals surface area (Å²) in [6.07, 6.45) is 3.69. The van der Waals surface area contributed by atoms with E-state index >= 15 is 0 Å². The van der Waals surface area contributed by atoms with Crippen molar-refractivity contribution >= 4 is 23.1 Å². The van der Waals surface area contributed by atoms with Crippen LogP contribution in [0.25, 0.3) is 0 Å². The first-order chi connectivity index (χ1) is 8.63. The van der Waals surface area contributed by atoms with Crippen molar-refractivity contribution in [1.82, 2.24) is 4.98 Å².